The van der Waals surface area contributed by atoms with Gasteiger partial charge in [0, 0.05) is 6.07 Å². The molecule has 0 radical (unpaired) electrons. The Labute approximate surface area is 59.1 Å². The molecule has 1 aromatic heterocycles. The number of aromatic nitrogens is 2. The standard InChI is InChI=1S/C6H8ClN2/c1-5-3-4-6(7)9(2)8-5/h3-4H,1-2H3/q+1. The summed E-state index contributed by atoms with van der Waals surface area (Å²) in [6, 6.07) is 3.70. The van der Waals surface area contributed by atoms with Gasteiger partial charge in [0.25, 0.3) is 5.15 Å². The van der Waals surface area contributed by atoms with E-state index < -0.39 is 0 Å². The van der Waals surface area contributed by atoms with E-state index in [0.717, 1.165) is 5.69 Å². The van der Waals surface area contributed by atoms with Crippen molar-refractivity contribution < 1.29 is 4.68 Å². The highest BCUT2D eigenvalue weighted by Gasteiger charge is 2.01. The molecule has 2 nitrogen and oxygen atoms in total. The largest absolute Gasteiger partial charge is 0.300 e. The second-order valence-corrected chi connectivity index (χ2v) is 2.31. The molecule has 3 heteroatoms. The number of rotatable bonds is 0. The molecule has 0 amide bonds. The van der Waals surface area contributed by atoms with E-state index in [1.165, 1.54) is 0 Å². The van der Waals surface area contributed by atoms with Gasteiger partial charge < -0.3 is 0 Å². The Morgan fingerprint density at radius 1 is 1.56 bits per heavy atom. The Balaban J connectivity index is 3.17. The van der Waals surface area contributed by atoms with E-state index in [4.69, 9.17) is 11.6 Å². The molecular formula is C6H8ClN2+. The molecule has 0 unspecified atom stereocenters. The molecule has 1 aromatic rings. The molecule has 0 atom stereocenters. The lowest BCUT2D eigenvalue weighted by atomic mass is 10.4. The highest BCUT2D eigenvalue weighted by atomic mass is 35.5. The van der Waals surface area contributed by atoms with Crippen LogP contribution < -0.4 is 4.68 Å². The maximum Gasteiger partial charge on any atom is 0.300 e. The van der Waals surface area contributed by atoms with Gasteiger partial charge in [0.15, 0.2) is 7.05 Å². The normalized spacial score (nSPS) is 9.67. The SMILES string of the molecule is Cc1ccc(Cl)[n+](C)n1. The van der Waals surface area contributed by atoms with Gasteiger partial charge in [-0.3, -0.25) is 0 Å². The summed E-state index contributed by atoms with van der Waals surface area (Å²) in [7, 11) is 1.81. The summed E-state index contributed by atoms with van der Waals surface area (Å²) in [6.45, 7) is 1.93. The number of nitrogens with zero attached hydrogens (tertiary/aromatic N) is 2. The fourth-order valence-corrected chi connectivity index (χ4v) is 0.716. The average molecular weight is 144 g/mol. The molecule has 9 heavy (non-hydrogen) atoms. The van der Waals surface area contributed by atoms with Gasteiger partial charge in [-0.25, -0.2) is 0 Å². The Morgan fingerprint density at radius 2 is 2.22 bits per heavy atom. The molecule has 0 aromatic carbocycles. The van der Waals surface area contributed by atoms with Crippen LogP contribution in [0.25, 0.3) is 0 Å². The molecule has 0 N–H and O–H groups in total. The first kappa shape index (κ1) is 6.49. The van der Waals surface area contributed by atoms with Crippen LogP contribution in [0.2, 0.25) is 5.15 Å². The lowest BCUT2D eigenvalue weighted by molar-refractivity contribution is -0.729. The van der Waals surface area contributed by atoms with E-state index in [-0.39, 0.29) is 0 Å². The zero-order valence-corrected chi connectivity index (χ0v) is 6.18. The molecule has 1 heterocycles. The van der Waals surface area contributed by atoms with Gasteiger partial charge in [-0.15, -0.1) is 0 Å². The van der Waals surface area contributed by atoms with Crippen LogP contribution in [0.15, 0.2) is 12.1 Å². The fourth-order valence-electron chi connectivity index (χ4n) is 0.615. The number of aryl methyl sites for hydroxylation is 2. The molecule has 0 aliphatic rings. The molecule has 0 fully saturated rings. The number of halogens is 1. The van der Waals surface area contributed by atoms with Crippen LogP contribution in [0.4, 0.5) is 0 Å². The van der Waals surface area contributed by atoms with Crippen molar-refractivity contribution in [2.75, 3.05) is 0 Å². The second kappa shape index (κ2) is 2.31. The average Bonchev–Trinajstić information content (AvgIpc) is 1.80. The zero-order valence-electron chi connectivity index (χ0n) is 5.43. The van der Waals surface area contributed by atoms with Crippen molar-refractivity contribution in [3.8, 4) is 0 Å². The van der Waals surface area contributed by atoms with Crippen LogP contribution in [-0.4, -0.2) is 5.10 Å². The third-order valence-electron chi connectivity index (χ3n) is 1.08. The quantitative estimate of drug-likeness (QED) is 0.493. The Morgan fingerprint density at radius 3 is 2.67 bits per heavy atom. The summed E-state index contributed by atoms with van der Waals surface area (Å²) >= 11 is 5.68. The smallest absolute Gasteiger partial charge is 0.0753 e. The van der Waals surface area contributed by atoms with Crippen LogP contribution in [0, 0.1) is 6.92 Å². The second-order valence-electron chi connectivity index (χ2n) is 1.92. The van der Waals surface area contributed by atoms with Crippen LogP contribution in [0.5, 0.6) is 0 Å². The van der Waals surface area contributed by atoms with Gasteiger partial charge >= 0.3 is 0 Å². The third-order valence-corrected chi connectivity index (χ3v) is 1.45. The minimum atomic E-state index is 0.653. The van der Waals surface area contributed by atoms with E-state index in [0.29, 0.717) is 5.15 Å². The predicted octanol–water partition coefficient (Wildman–Crippen LogP) is 0.868. The Hall–Kier alpha value is -0.630. The minimum absolute atomic E-state index is 0.653. The maximum absolute atomic E-state index is 5.68. The van der Waals surface area contributed by atoms with Gasteiger partial charge in [0.1, 0.15) is 5.69 Å². The van der Waals surface area contributed by atoms with Crippen molar-refractivity contribution in [3.05, 3.63) is 23.0 Å². The van der Waals surface area contributed by atoms with E-state index in [1.54, 1.807) is 4.68 Å². The van der Waals surface area contributed by atoms with E-state index in [1.807, 2.05) is 26.1 Å². The van der Waals surface area contributed by atoms with Crippen LogP contribution in [-0.2, 0) is 7.05 Å². The van der Waals surface area contributed by atoms with Gasteiger partial charge in [-0.2, -0.15) is 0 Å². The predicted molar refractivity (Wildman–Crippen MR) is 35.2 cm³/mol. The summed E-state index contributed by atoms with van der Waals surface area (Å²) in [5.74, 6) is 0. The lowest BCUT2D eigenvalue weighted by Crippen LogP contribution is -2.34. The number of hydrogen-bond acceptors (Lipinski definition) is 1. The molecule has 1 rings (SSSR count). The van der Waals surface area contributed by atoms with Crippen molar-refractivity contribution in [1.29, 1.82) is 0 Å². The molecule has 0 saturated carbocycles. The third kappa shape index (κ3) is 1.39. The monoisotopic (exact) mass is 143 g/mol. The van der Waals surface area contributed by atoms with Crippen molar-refractivity contribution in [2.45, 2.75) is 6.92 Å². The van der Waals surface area contributed by atoms with Crippen molar-refractivity contribution in [1.82, 2.24) is 5.10 Å². The highest BCUT2D eigenvalue weighted by molar-refractivity contribution is 6.28. The summed E-state index contributed by atoms with van der Waals surface area (Å²) in [6.07, 6.45) is 0. The first-order chi connectivity index (χ1) is 4.20. The van der Waals surface area contributed by atoms with Crippen molar-refractivity contribution in [3.63, 3.8) is 0 Å². The van der Waals surface area contributed by atoms with Crippen LogP contribution >= 0.6 is 11.6 Å². The summed E-state index contributed by atoms with van der Waals surface area (Å²) in [4.78, 5) is 0. The highest BCUT2D eigenvalue weighted by Crippen LogP contribution is 1.97. The van der Waals surface area contributed by atoms with Gasteiger partial charge in [0.05, 0.1) is 0 Å². The van der Waals surface area contributed by atoms with Crippen LogP contribution in [0.1, 0.15) is 5.69 Å². The van der Waals surface area contributed by atoms with Gasteiger partial charge in [-0.1, -0.05) is 4.68 Å². The first-order valence-corrected chi connectivity index (χ1v) is 3.07. The molecule has 0 saturated heterocycles. The molecular weight excluding hydrogens is 136 g/mol. The van der Waals surface area contributed by atoms with E-state index in [9.17, 15) is 0 Å². The van der Waals surface area contributed by atoms with Crippen molar-refractivity contribution >= 4 is 11.6 Å². The summed E-state index contributed by atoms with van der Waals surface area (Å²) in [5.41, 5.74) is 0.974. The summed E-state index contributed by atoms with van der Waals surface area (Å²) in [5, 5.41) is 4.71. The number of hydrogen-bond donors (Lipinski definition) is 0. The summed E-state index contributed by atoms with van der Waals surface area (Å²) < 4.78 is 1.64. The maximum atomic E-state index is 5.68. The first-order valence-electron chi connectivity index (χ1n) is 2.69. The van der Waals surface area contributed by atoms with Crippen molar-refractivity contribution in [2.24, 2.45) is 7.05 Å². The molecule has 0 aliphatic carbocycles. The fraction of sp³-hybridized carbons (Fsp3) is 0.333. The Bertz CT molecular complexity index is 222. The van der Waals surface area contributed by atoms with E-state index in [2.05, 4.69) is 5.10 Å². The van der Waals surface area contributed by atoms with Gasteiger partial charge in [0.2, 0.25) is 0 Å². The zero-order chi connectivity index (χ0) is 6.85. The minimum Gasteiger partial charge on any atom is -0.0753 e. The van der Waals surface area contributed by atoms with E-state index >= 15 is 0 Å². The Kier molecular flexibility index (Phi) is 1.67. The molecule has 0 spiro atoms. The molecule has 48 valence electrons. The molecule has 0 aliphatic heterocycles. The van der Waals surface area contributed by atoms with Gasteiger partial charge in [-0.05, 0) is 29.7 Å². The lowest BCUT2D eigenvalue weighted by Gasteiger charge is -1.87. The topological polar surface area (TPSA) is 16.8 Å². The molecule has 0 bridgehead atoms. The van der Waals surface area contributed by atoms with Crippen LogP contribution in [0.3, 0.4) is 0 Å².